The fraction of sp³-hybridized carbons (Fsp3) is 0.727. The number of aldehydes is 1. The maximum absolute atomic E-state index is 11.4. The van der Waals surface area contributed by atoms with Crippen LogP contribution in [-0.4, -0.2) is 52.1 Å². The fourth-order valence-electron chi connectivity index (χ4n) is 1.43. The fourth-order valence-corrected chi connectivity index (χ4v) is 2.81. The molecule has 102 valence electrons. The van der Waals surface area contributed by atoms with Crippen molar-refractivity contribution in [2.24, 2.45) is 0 Å². The van der Waals surface area contributed by atoms with Gasteiger partial charge in [0, 0.05) is 12.3 Å². The Kier molecular flexibility index (Phi) is 5.40. The molecule has 0 aromatic carbocycles. The molecule has 1 N–H and O–H groups in total. The van der Waals surface area contributed by atoms with Gasteiger partial charge in [-0.05, 0) is 20.8 Å². The van der Waals surface area contributed by atoms with Gasteiger partial charge in [-0.2, -0.15) is 0 Å². The second kappa shape index (κ2) is 6.38. The number of carbonyl (C=O) groups excluding carboxylic acids is 2. The minimum atomic E-state index is -0.527. The van der Waals surface area contributed by atoms with Gasteiger partial charge < -0.3 is 19.7 Å². The summed E-state index contributed by atoms with van der Waals surface area (Å²) in [5.74, 6) is 0.871. The van der Waals surface area contributed by atoms with Crippen LogP contribution >= 0.6 is 24.0 Å². The van der Waals surface area contributed by atoms with Crippen molar-refractivity contribution in [2.45, 2.75) is 31.7 Å². The van der Waals surface area contributed by atoms with Crippen LogP contribution in [0.4, 0.5) is 4.79 Å². The van der Waals surface area contributed by atoms with Crippen LogP contribution in [-0.2, 0) is 9.53 Å². The average Bonchev–Trinajstić information content (AvgIpc) is 2.71. The number of hydrogen-bond acceptors (Lipinski definition) is 5. The highest BCUT2D eigenvalue weighted by molar-refractivity contribution is 8.00. The summed E-state index contributed by atoms with van der Waals surface area (Å²) in [6.07, 6.45) is 0.372. The Labute approximate surface area is 117 Å². The second-order valence-electron chi connectivity index (χ2n) is 4.84. The summed E-state index contributed by atoms with van der Waals surface area (Å²) in [5.41, 5.74) is -0.527. The predicted molar refractivity (Wildman–Crippen MR) is 75.9 cm³/mol. The van der Waals surface area contributed by atoms with Crippen LogP contribution in [0.3, 0.4) is 0 Å². The minimum absolute atomic E-state index is 0.217. The van der Waals surface area contributed by atoms with E-state index in [0.29, 0.717) is 4.99 Å². The topological polar surface area (TPSA) is 58.6 Å². The molecular weight excluding hydrogens is 272 g/mol. The summed E-state index contributed by atoms with van der Waals surface area (Å²) in [7, 11) is 0. The smallest absolute Gasteiger partial charge is 0.408 e. The molecule has 0 saturated carbocycles. The molecule has 1 atom stereocenters. The zero-order chi connectivity index (χ0) is 13.8. The van der Waals surface area contributed by atoms with E-state index in [1.54, 1.807) is 32.5 Å². The Morgan fingerprint density at radius 2 is 2.28 bits per heavy atom. The Morgan fingerprint density at radius 3 is 2.83 bits per heavy atom. The third kappa shape index (κ3) is 4.81. The van der Waals surface area contributed by atoms with E-state index >= 15 is 0 Å². The largest absolute Gasteiger partial charge is 0.444 e. The number of ether oxygens (including phenoxy) is 1. The molecule has 1 unspecified atom stereocenters. The van der Waals surface area contributed by atoms with Crippen LogP contribution in [0.25, 0.3) is 0 Å². The van der Waals surface area contributed by atoms with E-state index in [0.717, 1.165) is 18.6 Å². The number of rotatable bonds is 3. The highest BCUT2D eigenvalue weighted by Crippen LogP contribution is 2.22. The van der Waals surface area contributed by atoms with E-state index in [9.17, 15) is 9.59 Å². The number of hydrogen-bond donors (Lipinski definition) is 1. The molecule has 1 aliphatic heterocycles. The van der Waals surface area contributed by atoms with Crippen LogP contribution in [0.15, 0.2) is 0 Å². The maximum atomic E-state index is 11.4. The number of carbonyl (C=O) groups is 2. The monoisotopic (exact) mass is 290 g/mol. The number of alkyl carbamates (subject to hydrolysis) is 1. The molecule has 0 bridgehead atoms. The molecule has 5 nitrogen and oxygen atoms in total. The third-order valence-corrected chi connectivity index (χ3v) is 3.65. The van der Waals surface area contributed by atoms with E-state index in [1.807, 2.05) is 4.90 Å². The van der Waals surface area contributed by atoms with Crippen LogP contribution in [0, 0.1) is 0 Å². The SMILES string of the molecule is CC(C)(C)OC(=O)NCC(=S)N1CCSC1C=O. The van der Waals surface area contributed by atoms with Gasteiger partial charge in [-0.1, -0.05) is 12.2 Å². The summed E-state index contributed by atoms with van der Waals surface area (Å²) in [4.78, 5) is 24.6. The van der Waals surface area contributed by atoms with Crippen molar-refractivity contribution >= 4 is 41.3 Å². The summed E-state index contributed by atoms with van der Waals surface area (Å²) >= 11 is 6.75. The van der Waals surface area contributed by atoms with Crippen molar-refractivity contribution in [3.63, 3.8) is 0 Å². The number of nitrogens with one attached hydrogen (secondary N) is 1. The van der Waals surface area contributed by atoms with Crippen molar-refractivity contribution in [2.75, 3.05) is 18.8 Å². The van der Waals surface area contributed by atoms with Gasteiger partial charge in [-0.15, -0.1) is 11.8 Å². The summed E-state index contributed by atoms with van der Waals surface area (Å²) in [6.45, 7) is 6.34. The zero-order valence-corrected chi connectivity index (χ0v) is 12.4. The van der Waals surface area contributed by atoms with E-state index in [4.69, 9.17) is 17.0 Å². The van der Waals surface area contributed by atoms with Gasteiger partial charge in [0.1, 0.15) is 11.0 Å². The van der Waals surface area contributed by atoms with Crippen LogP contribution < -0.4 is 5.32 Å². The van der Waals surface area contributed by atoms with E-state index < -0.39 is 11.7 Å². The lowest BCUT2D eigenvalue weighted by Gasteiger charge is -2.24. The van der Waals surface area contributed by atoms with Crippen molar-refractivity contribution in [1.82, 2.24) is 10.2 Å². The van der Waals surface area contributed by atoms with Gasteiger partial charge in [0.2, 0.25) is 0 Å². The van der Waals surface area contributed by atoms with E-state index in [2.05, 4.69) is 5.32 Å². The van der Waals surface area contributed by atoms with Crippen molar-refractivity contribution in [3.8, 4) is 0 Å². The normalized spacial score (nSPS) is 19.5. The summed E-state index contributed by atoms with van der Waals surface area (Å²) in [6, 6.07) is 0. The second-order valence-corrected chi connectivity index (χ2v) is 6.54. The number of thiocarbonyl (C=S) groups is 1. The van der Waals surface area contributed by atoms with Crippen molar-refractivity contribution < 1.29 is 14.3 Å². The molecule has 0 aromatic rings. The van der Waals surface area contributed by atoms with Crippen molar-refractivity contribution in [1.29, 1.82) is 0 Å². The molecule has 1 amide bonds. The molecule has 1 saturated heterocycles. The Balaban J connectivity index is 2.37. The van der Waals surface area contributed by atoms with Gasteiger partial charge in [0.05, 0.1) is 11.5 Å². The predicted octanol–water partition coefficient (Wildman–Crippen LogP) is 1.41. The lowest BCUT2D eigenvalue weighted by atomic mass is 10.2. The highest BCUT2D eigenvalue weighted by atomic mass is 32.2. The molecular formula is C11H18N2O3S2. The molecule has 0 spiro atoms. The van der Waals surface area contributed by atoms with Gasteiger partial charge >= 0.3 is 6.09 Å². The molecule has 1 fully saturated rings. The van der Waals surface area contributed by atoms with Gasteiger partial charge in [-0.3, -0.25) is 0 Å². The summed E-state index contributed by atoms with van der Waals surface area (Å²) < 4.78 is 5.10. The maximum Gasteiger partial charge on any atom is 0.408 e. The van der Waals surface area contributed by atoms with Gasteiger partial charge in [-0.25, -0.2) is 4.79 Å². The Morgan fingerprint density at radius 1 is 1.61 bits per heavy atom. The Hall–Kier alpha value is -0.820. The number of thioether (sulfide) groups is 1. The molecule has 0 aromatic heterocycles. The standard InChI is InChI=1S/C11H18N2O3S2/c1-11(2,3)16-10(15)12-6-8(17)13-4-5-18-9(13)7-14/h7,9H,4-6H2,1-3H3,(H,12,15). The van der Waals surface area contributed by atoms with Gasteiger partial charge in [0.15, 0.2) is 6.29 Å². The molecule has 0 radical (unpaired) electrons. The Bertz CT molecular complexity index is 342. The molecule has 7 heteroatoms. The van der Waals surface area contributed by atoms with E-state index in [-0.39, 0.29) is 11.9 Å². The zero-order valence-electron chi connectivity index (χ0n) is 10.8. The average molecular weight is 290 g/mol. The first-order valence-electron chi connectivity index (χ1n) is 5.67. The van der Waals surface area contributed by atoms with E-state index in [1.165, 1.54) is 0 Å². The lowest BCUT2D eigenvalue weighted by Crippen LogP contribution is -2.43. The molecule has 0 aliphatic carbocycles. The quantitative estimate of drug-likeness (QED) is 0.626. The first-order chi connectivity index (χ1) is 8.33. The van der Waals surface area contributed by atoms with Crippen LogP contribution in [0.1, 0.15) is 20.8 Å². The number of amides is 1. The summed E-state index contributed by atoms with van der Waals surface area (Å²) in [5, 5.41) is 2.37. The van der Waals surface area contributed by atoms with Crippen molar-refractivity contribution in [3.05, 3.63) is 0 Å². The molecule has 1 aliphatic rings. The molecule has 1 rings (SSSR count). The first kappa shape index (κ1) is 15.2. The van der Waals surface area contributed by atoms with Gasteiger partial charge in [0.25, 0.3) is 0 Å². The lowest BCUT2D eigenvalue weighted by molar-refractivity contribution is -0.108. The number of nitrogens with zero attached hydrogens (tertiary/aromatic N) is 1. The highest BCUT2D eigenvalue weighted by Gasteiger charge is 2.26. The molecule has 1 heterocycles. The van der Waals surface area contributed by atoms with Crippen LogP contribution in [0.5, 0.6) is 0 Å². The minimum Gasteiger partial charge on any atom is -0.444 e. The first-order valence-corrected chi connectivity index (χ1v) is 7.12. The molecule has 18 heavy (non-hydrogen) atoms. The third-order valence-electron chi connectivity index (χ3n) is 2.15. The van der Waals surface area contributed by atoms with Crippen LogP contribution in [0.2, 0.25) is 0 Å².